The van der Waals surface area contributed by atoms with Crippen LogP contribution in [-0.4, -0.2) is 38.4 Å². The molecule has 0 aliphatic heterocycles. The maximum Gasteiger partial charge on any atom is 0.307 e. The Kier molecular flexibility index (Phi) is 6.67. The van der Waals surface area contributed by atoms with E-state index >= 15 is 0 Å². The predicted molar refractivity (Wildman–Crippen MR) is 143 cm³/mol. The fourth-order valence-corrected chi connectivity index (χ4v) is 5.47. The highest BCUT2D eigenvalue weighted by Crippen LogP contribution is 2.47. The summed E-state index contributed by atoms with van der Waals surface area (Å²) in [5.41, 5.74) is 7.49. The van der Waals surface area contributed by atoms with E-state index in [4.69, 9.17) is 9.84 Å². The molecule has 3 atom stereocenters. The van der Waals surface area contributed by atoms with Crippen molar-refractivity contribution in [2.24, 2.45) is 5.92 Å². The van der Waals surface area contributed by atoms with E-state index in [9.17, 15) is 9.90 Å². The van der Waals surface area contributed by atoms with Crippen LogP contribution in [0.25, 0.3) is 11.1 Å². The molecule has 2 aliphatic carbocycles. The number of carboxylic acid groups (broad SMARTS) is 1. The molecule has 1 heterocycles. The highest BCUT2D eigenvalue weighted by Gasteiger charge is 2.45. The van der Waals surface area contributed by atoms with Gasteiger partial charge in [-0.05, 0) is 92.5 Å². The van der Waals surface area contributed by atoms with E-state index in [1.54, 1.807) is 26.2 Å². The van der Waals surface area contributed by atoms with Crippen molar-refractivity contribution < 1.29 is 19.7 Å². The molecule has 0 spiro atoms. The van der Waals surface area contributed by atoms with E-state index in [1.165, 1.54) is 33.4 Å². The van der Waals surface area contributed by atoms with Gasteiger partial charge >= 0.3 is 5.97 Å². The summed E-state index contributed by atoms with van der Waals surface area (Å²) in [6.07, 6.45) is 6.58. The number of aliphatic hydroxyl groups is 1. The molecule has 1 saturated carbocycles. The molecular formula is C30H35N3O4. The Balaban J connectivity index is 1.32. The Bertz CT molecular complexity index is 1290. The number of aliphatic carboxylic acids is 1. The highest BCUT2D eigenvalue weighted by atomic mass is 16.5. The Morgan fingerprint density at radius 3 is 2.54 bits per heavy atom. The quantitative estimate of drug-likeness (QED) is 0.351. The fourth-order valence-electron chi connectivity index (χ4n) is 5.47. The van der Waals surface area contributed by atoms with Crippen LogP contribution in [0.5, 0.6) is 5.75 Å². The second kappa shape index (κ2) is 9.78. The zero-order valence-electron chi connectivity index (χ0n) is 21.9. The van der Waals surface area contributed by atoms with Crippen LogP contribution in [0.4, 0.5) is 5.82 Å². The zero-order chi connectivity index (χ0) is 26.3. The Morgan fingerprint density at radius 1 is 1.16 bits per heavy atom. The van der Waals surface area contributed by atoms with E-state index in [0.29, 0.717) is 25.3 Å². The van der Waals surface area contributed by atoms with Crippen molar-refractivity contribution in [1.29, 1.82) is 0 Å². The number of ether oxygens (including phenoxy) is 1. The number of carboxylic acids is 1. The second-order valence-electron chi connectivity index (χ2n) is 11.1. The van der Waals surface area contributed by atoms with Crippen molar-refractivity contribution in [2.45, 2.75) is 70.9 Å². The molecule has 3 aromatic rings. The summed E-state index contributed by atoms with van der Waals surface area (Å²) < 4.78 is 5.94. The van der Waals surface area contributed by atoms with Crippen LogP contribution >= 0.6 is 0 Å². The van der Waals surface area contributed by atoms with Crippen LogP contribution in [0.3, 0.4) is 0 Å². The van der Waals surface area contributed by atoms with Gasteiger partial charge in [0.2, 0.25) is 0 Å². The van der Waals surface area contributed by atoms with Crippen LogP contribution in [0, 0.1) is 19.8 Å². The minimum Gasteiger partial charge on any atom is -0.493 e. The summed E-state index contributed by atoms with van der Waals surface area (Å²) in [7, 11) is 0. The maximum absolute atomic E-state index is 11.1. The largest absolute Gasteiger partial charge is 0.493 e. The second-order valence-corrected chi connectivity index (χ2v) is 11.1. The van der Waals surface area contributed by atoms with Crippen molar-refractivity contribution in [3.8, 4) is 16.9 Å². The first-order valence-electron chi connectivity index (χ1n) is 13.0. The average Bonchev–Trinajstić information content (AvgIpc) is 3.53. The molecule has 2 aliphatic rings. The van der Waals surface area contributed by atoms with Gasteiger partial charge in [0.1, 0.15) is 11.6 Å². The van der Waals surface area contributed by atoms with Crippen LogP contribution in [0.1, 0.15) is 73.0 Å². The smallest absolute Gasteiger partial charge is 0.307 e. The Morgan fingerprint density at radius 2 is 1.92 bits per heavy atom. The summed E-state index contributed by atoms with van der Waals surface area (Å²) in [5, 5.41) is 22.7. The van der Waals surface area contributed by atoms with Gasteiger partial charge in [-0.2, -0.15) is 0 Å². The number of aromatic nitrogens is 2. The van der Waals surface area contributed by atoms with E-state index in [-0.39, 0.29) is 17.9 Å². The van der Waals surface area contributed by atoms with Crippen molar-refractivity contribution >= 4 is 11.8 Å². The van der Waals surface area contributed by atoms with Gasteiger partial charge in [-0.1, -0.05) is 18.2 Å². The number of carbonyl (C=O) groups is 1. The molecule has 1 aromatic heterocycles. The lowest BCUT2D eigenvalue weighted by molar-refractivity contribution is -0.138. The van der Waals surface area contributed by atoms with Crippen molar-refractivity contribution in [3.63, 3.8) is 0 Å². The third-order valence-corrected chi connectivity index (χ3v) is 7.51. The lowest BCUT2D eigenvalue weighted by Gasteiger charge is -2.19. The van der Waals surface area contributed by atoms with Crippen LogP contribution in [0.15, 0.2) is 42.7 Å². The van der Waals surface area contributed by atoms with E-state index < -0.39 is 11.6 Å². The van der Waals surface area contributed by atoms with Gasteiger partial charge in [0.25, 0.3) is 0 Å². The molecular weight excluding hydrogens is 466 g/mol. The van der Waals surface area contributed by atoms with Gasteiger partial charge in [0.15, 0.2) is 0 Å². The third-order valence-electron chi connectivity index (χ3n) is 7.51. The predicted octanol–water partition coefficient (Wildman–Crippen LogP) is 5.59. The number of hydrogen-bond donors (Lipinski definition) is 3. The molecule has 5 rings (SSSR count). The third kappa shape index (κ3) is 5.47. The lowest BCUT2D eigenvalue weighted by Crippen LogP contribution is -2.21. The molecule has 0 bridgehead atoms. The normalized spacial score (nSPS) is 20.4. The molecule has 0 amide bonds. The van der Waals surface area contributed by atoms with Gasteiger partial charge in [0, 0.05) is 12.3 Å². The van der Waals surface area contributed by atoms with Crippen LogP contribution in [0.2, 0.25) is 0 Å². The zero-order valence-corrected chi connectivity index (χ0v) is 21.9. The summed E-state index contributed by atoms with van der Waals surface area (Å²) >= 11 is 0. The minimum atomic E-state index is -0.759. The summed E-state index contributed by atoms with van der Waals surface area (Å²) in [5.74, 6) is 0.440. The first kappa shape index (κ1) is 25.2. The highest BCUT2D eigenvalue weighted by molar-refractivity contribution is 5.77. The number of aryl methyl sites for hydroxylation is 2. The van der Waals surface area contributed by atoms with Crippen LogP contribution < -0.4 is 10.1 Å². The molecule has 0 saturated heterocycles. The van der Waals surface area contributed by atoms with Crippen molar-refractivity contribution in [2.75, 3.05) is 11.9 Å². The van der Waals surface area contributed by atoms with Crippen LogP contribution in [-0.2, 0) is 11.2 Å². The Labute approximate surface area is 217 Å². The lowest BCUT2D eigenvalue weighted by atomic mass is 9.90. The molecule has 1 fully saturated rings. The molecule has 1 unspecified atom stereocenters. The molecule has 194 valence electrons. The standard InChI is InChI=1S/C30H35N3O4/c1-17-12-19(37-11-10-30(3,4)36)13-18(2)28(17)22-7-5-6-21-20(22)8-9-25(21)33-27-16-31-26(15-32-27)23-14-24(23)29(34)35/h5-7,12-13,15-16,23-25,36H,8-11,14H2,1-4H3,(H,32,33)(H,34,35)/t23?,24-,25-/m1/s1. The van der Waals surface area contributed by atoms with Gasteiger partial charge in [-0.3, -0.25) is 9.78 Å². The summed E-state index contributed by atoms with van der Waals surface area (Å²) in [6.45, 7) is 8.31. The Hall–Kier alpha value is -3.45. The van der Waals surface area contributed by atoms with Gasteiger partial charge < -0.3 is 20.3 Å². The molecule has 3 N–H and O–H groups in total. The molecule has 37 heavy (non-hydrogen) atoms. The number of fused-ring (bicyclic) bond motifs is 1. The summed E-state index contributed by atoms with van der Waals surface area (Å²) in [4.78, 5) is 20.2. The number of rotatable bonds is 9. The fraction of sp³-hybridized carbons (Fsp3) is 0.433. The number of nitrogens with one attached hydrogen (secondary N) is 1. The average molecular weight is 502 g/mol. The minimum absolute atomic E-state index is 0.0152. The van der Waals surface area contributed by atoms with Crippen molar-refractivity contribution in [1.82, 2.24) is 9.97 Å². The van der Waals surface area contributed by atoms with Crippen molar-refractivity contribution in [3.05, 3.63) is 70.7 Å². The first-order chi connectivity index (χ1) is 17.6. The SMILES string of the molecule is Cc1cc(OCCC(C)(C)O)cc(C)c1-c1cccc2c1CC[C@H]2Nc1cnc(C2C[C@H]2C(=O)O)cn1. The van der Waals surface area contributed by atoms with Gasteiger partial charge in [0.05, 0.1) is 42.3 Å². The maximum atomic E-state index is 11.1. The van der Waals surface area contributed by atoms with Gasteiger partial charge in [-0.25, -0.2) is 4.98 Å². The number of nitrogens with zero attached hydrogens (tertiary/aromatic N) is 2. The van der Waals surface area contributed by atoms with E-state index in [2.05, 4.69) is 59.5 Å². The molecule has 7 nitrogen and oxygen atoms in total. The van der Waals surface area contributed by atoms with Gasteiger partial charge in [-0.15, -0.1) is 0 Å². The van der Waals surface area contributed by atoms with E-state index in [0.717, 1.165) is 24.3 Å². The molecule has 2 aromatic carbocycles. The molecule has 7 heteroatoms. The summed E-state index contributed by atoms with van der Waals surface area (Å²) in [6, 6.07) is 10.8. The number of hydrogen-bond acceptors (Lipinski definition) is 6. The topological polar surface area (TPSA) is 105 Å². The first-order valence-corrected chi connectivity index (χ1v) is 13.0. The number of benzene rings is 2. The number of anilines is 1. The van der Waals surface area contributed by atoms with E-state index in [1.807, 2.05) is 0 Å². The molecule has 0 radical (unpaired) electrons. The monoisotopic (exact) mass is 501 g/mol.